The van der Waals surface area contributed by atoms with Crippen molar-refractivity contribution in [2.45, 2.75) is 19.0 Å². The lowest BCUT2D eigenvalue weighted by atomic mass is 10.1. The Balaban J connectivity index is 1.46. The number of rotatable bonds is 5. The van der Waals surface area contributed by atoms with Crippen LogP contribution in [0.15, 0.2) is 52.8 Å². The molecule has 2 aliphatic heterocycles. The lowest BCUT2D eigenvalue weighted by molar-refractivity contribution is -0.123. The van der Waals surface area contributed by atoms with Gasteiger partial charge in [0.15, 0.2) is 12.1 Å². The Kier molecular flexibility index (Phi) is 5.13. The highest BCUT2D eigenvalue weighted by Gasteiger charge is 2.55. The Morgan fingerprint density at radius 3 is 2.57 bits per heavy atom. The van der Waals surface area contributed by atoms with Crippen molar-refractivity contribution in [2.75, 3.05) is 23.9 Å². The van der Waals surface area contributed by atoms with Crippen LogP contribution in [0.3, 0.4) is 0 Å². The highest BCUT2D eigenvalue weighted by atomic mass is 35.5. The number of ether oxygens (including phenoxy) is 1. The van der Waals surface area contributed by atoms with E-state index in [-0.39, 0.29) is 6.54 Å². The lowest BCUT2D eigenvalue weighted by Gasteiger charge is -2.20. The Morgan fingerprint density at radius 1 is 1.17 bits per heavy atom. The van der Waals surface area contributed by atoms with Crippen LogP contribution in [0.1, 0.15) is 5.56 Å². The summed E-state index contributed by atoms with van der Waals surface area (Å²) in [5, 5.41) is 12.1. The summed E-state index contributed by atoms with van der Waals surface area (Å²) in [4.78, 5) is 39.2. The lowest BCUT2D eigenvalue weighted by Crippen LogP contribution is -2.43. The molecule has 0 bridgehead atoms. The van der Waals surface area contributed by atoms with E-state index in [1.807, 2.05) is 19.1 Å². The predicted molar refractivity (Wildman–Crippen MR) is 109 cm³/mol. The summed E-state index contributed by atoms with van der Waals surface area (Å²) >= 11 is 6.07. The van der Waals surface area contributed by atoms with Gasteiger partial charge in [-0.3, -0.25) is 19.4 Å². The summed E-state index contributed by atoms with van der Waals surface area (Å²) in [7, 11) is 1.49. The van der Waals surface area contributed by atoms with Gasteiger partial charge < -0.3 is 10.1 Å². The molecule has 10 heteroatoms. The first-order valence-electron chi connectivity index (χ1n) is 9.14. The number of nitrogens with one attached hydrogen (secondary N) is 1. The van der Waals surface area contributed by atoms with Gasteiger partial charge in [0.05, 0.1) is 17.8 Å². The fourth-order valence-corrected chi connectivity index (χ4v) is 3.65. The molecule has 0 aliphatic carbocycles. The van der Waals surface area contributed by atoms with Crippen molar-refractivity contribution in [1.29, 1.82) is 0 Å². The standard InChI is InChI=1S/C20H18ClN5O4/c1-11-3-6-13(7-4-11)26-19(28)17-18(20(26)29)25(24-23-17)10-16(27)22-12-5-8-15(30-2)14(21)9-12/h3-9,17-18H,10H2,1-2H3,(H,22,27)/t17-,18+/m0/s1. The second-order valence-corrected chi connectivity index (χ2v) is 7.34. The largest absolute Gasteiger partial charge is 0.495 e. The smallest absolute Gasteiger partial charge is 0.263 e. The molecule has 154 valence electrons. The molecule has 2 heterocycles. The monoisotopic (exact) mass is 427 g/mol. The van der Waals surface area contributed by atoms with Gasteiger partial charge >= 0.3 is 0 Å². The van der Waals surface area contributed by atoms with Gasteiger partial charge in [-0.1, -0.05) is 34.5 Å². The Hall–Kier alpha value is -3.46. The van der Waals surface area contributed by atoms with E-state index in [4.69, 9.17) is 16.3 Å². The van der Waals surface area contributed by atoms with Gasteiger partial charge in [0.25, 0.3) is 11.8 Å². The number of hydrogen-bond donors (Lipinski definition) is 1. The van der Waals surface area contributed by atoms with Crippen LogP contribution < -0.4 is 15.0 Å². The zero-order valence-corrected chi connectivity index (χ0v) is 17.0. The van der Waals surface area contributed by atoms with E-state index < -0.39 is 29.8 Å². The quantitative estimate of drug-likeness (QED) is 0.738. The van der Waals surface area contributed by atoms with Crippen LogP contribution in [0.5, 0.6) is 5.75 Å². The number of carbonyl (C=O) groups excluding carboxylic acids is 3. The molecule has 2 atom stereocenters. The van der Waals surface area contributed by atoms with Crippen molar-refractivity contribution in [1.82, 2.24) is 5.01 Å². The molecule has 1 N–H and O–H groups in total. The van der Waals surface area contributed by atoms with Crippen molar-refractivity contribution in [3.05, 3.63) is 53.1 Å². The third-order valence-corrected chi connectivity index (χ3v) is 5.19. The van der Waals surface area contributed by atoms with Crippen molar-refractivity contribution < 1.29 is 19.1 Å². The second kappa shape index (κ2) is 7.75. The molecule has 30 heavy (non-hydrogen) atoms. The molecule has 1 fully saturated rings. The fourth-order valence-electron chi connectivity index (χ4n) is 3.39. The molecule has 0 unspecified atom stereocenters. The van der Waals surface area contributed by atoms with Gasteiger partial charge in [-0.15, -0.1) is 0 Å². The molecule has 2 aliphatic rings. The molecular formula is C20H18ClN5O4. The number of methoxy groups -OCH3 is 1. The zero-order chi connectivity index (χ0) is 21.4. The van der Waals surface area contributed by atoms with E-state index in [0.29, 0.717) is 22.1 Å². The molecule has 2 aromatic carbocycles. The molecular weight excluding hydrogens is 410 g/mol. The summed E-state index contributed by atoms with van der Waals surface area (Å²) in [5.74, 6) is -0.858. The van der Waals surface area contributed by atoms with Gasteiger partial charge in [0.2, 0.25) is 5.91 Å². The van der Waals surface area contributed by atoms with Crippen LogP contribution in [-0.4, -0.2) is 48.5 Å². The van der Waals surface area contributed by atoms with Gasteiger partial charge in [-0.05, 0) is 37.3 Å². The van der Waals surface area contributed by atoms with E-state index in [0.717, 1.165) is 10.5 Å². The maximum absolute atomic E-state index is 12.9. The Bertz CT molecular complexity index is 1060. The van der Waals surface area contributed by atoms with Crippen LogP contribution in [0.2, 0.25) is 5.02 Å². The van der Waals surface area contributed by atoms with Crippen molar-refractivity contribution in [3.63, 3.8) is 0 Å². The van der Waals surface area contributed by atoms with Crippen molar-refractivity contribution >= 4 is 40.7 Å². The number of amides is 3. The zero-order valence-electron chi connectivity index (χ0n) is 16.2. The molecule has 4 rings (SSSR count). The van der Waals surface area contributed by atoms with Crippen LogP contribution in [0, 0.1) is 6.92 Å². The van der Waals surface area contributed by atoms with Gasteiger partial charge in [0, 0.05) is 5.69 Å². The van der Waals surface area contributed by atoms with Gasteiger partial charge in [0.1, 0.15) is 12.3 Å². The van der Waals surface area contributed by atoms with Crippen LogP contribution in [0.4, 0.5) is 11.4 Å². The van der Waals surface area contributed by atoms with E-state index in [1.54, 1.807) is 30.3 Å². The molecule has 0 spiro atoms. The Morgan fingerprint density at radius 2 is 1.90 bits per heavy atom. The third kappa shape index (κ3) is 3.48. The summed E-state index contributed by atoms with van der Waals surface area (Å²) in [6, 6.07) is 9.96. The first-order valence-corrected chi connectivity index (χ1v) is 9.52. The molecule has 2 aromatic rings. The minimum Gasteiger partial charge on any atom is -0.495 e. The van der Waals surface area contributed by atoms with Gasteiger partial charge in [-0.2, -0.15) is 5.11 Å². The normalized spacial score (nSPS) is 20.0. The average molecular weight is 428 g/mol. The predicted octanol–water partition coefficient (Wildman–Crippen LogP) is 2.59. The highest BCUT2D eigenvalue weighted by Crippen LogP contribution is 2.32. The molecule has 0 saturated carbocycles. The number of nitrogens with zero attached hydrogens (tertiary/aromatic N) is 4. The molecule has 0 aromatic heterocycles. The Labute approximate surface area is 177 Å². The SMILES string of the molecule is COc1ccc(NC(=O)CN2N=N[C@@H]3C(=O)N(c4ccc(C)cc4)C(=O)[C@@H]32)cc1Cl. The second-order valence-electron chi connectivity index (χ2n) is 6.94. The topological polar surface area (TPSA) is 104 Å². The summed E-state index contributed by atoms with van der Waals surface area (Å²) in [6.07, 6.45) is 0. The van der Waals surface area contributed by atoms with Gasteiger partial charge in [-0.25, -0.2) is 4.90 Å². The number of anilines is 2. The molecule has 1 saturated heterocycles. The summed E-state index contributed by atoms with van der Waals surface area (Å²) in [6.45, 7) is 1.67. The fraction of sp³-hybridized carbons (Fsp3) is 0.250. The number of benzene rings is 2. The molecule has 9 nitrogen and oxygen atoms in total. The van der Waals surface area contributed by atoms with Crippen LogP contribution in [-0.2, 0) is 14.4 Å². The van der Waals surface area contributed by atoms with E-state index in [9.17, 15) is 14.4 Å². The number of imide groups is 1. The van der Waals surface area contributed by atoms with Crippen LogP contribution in [0.25, 0.3) is 0 Å². The van der Waals surface area contributed by atoms with E-state index in [2.05, 4.69) is 15.7 Å². The van der Waals surface area contributed by atoms with Crippen molar-refractivity contribution in [2.24, 2.45) is 10.3 Å². The summed E-state index contributed by atoms with van der Waals surface area (Å²) in [5.41, 5.74) is 1.95. The minimum absolute atomic E-state index is 0.241. The number of fused-ring (bicyclic) bond motifs is 1. The average Bonchev–Trinajstić information content (AvgIpc) is 3.23. The third-order valence-electron chi connectivity index (χ3n) is 4.89. The van der Waals surface area contributed by atoms with E-state index >= 15 is 0 Å². The molecule has 0 radical (unpaired) electrons. The van der Waals surface area contributed by atoms with Crippen molar-refractivity contribution in [3.8, 4) is 5.75 Å². The number of hydrogen-bond acceptors (Lipinski definition) is 7. The maximum atomic E-state index is 12.9. The number of carbonyl (C=O) groups is 3. The molecule has 3 amide bonds. The maximum Gasteiger partial charge on any atom is 0.263 e. The minimum atomic E-state index is -0.956. The van der Waals surface area contributed by atoms with E-state index in [1.165, 1.54) is 12.1 Å². The summed E-state index contributed by atoms with van der Waals surface area (Å²) < 4.78 is 5.08. The number of halogens is 1. The van der Waals surface area contributed by atoms with Crippen LogP contribution >= 0.6 is 11.6 Å². The number of aryl methyl sites for hydroxylation is 1. The first kappa shape index (κ1) is 19.8. The first-order chi connectivity index (χ1) is 14.4. The highest BCUT2D eigenvalue weighted by molar-refractivity contribution is 6.32.